The van der Waals surface area contributed by atoms with E-state index in [0.717, 1.165) is 38.4 Å². The van der Waals surface area contributed by atoms with Crippen LogP contribution in [0.2, 0.25) is 0 Å². The molecule has 0 aromatic carbocycles. The van der Waals surface area contributed by atoms with Crippen LogP contribution in [-0.2, 0) is 4.79 Å². The minimum atomic E-state index is 0.164. The van der Waals surface area contributed by atoms with Gasteiger partial charge in [-0.1, -0.05) is 19.3 Å². The Kier molecular flexibility index (Phi) is 6.30. The quantitative estimate of drug-likeness (QED) is 0.808. The number of nitrogens with one attached hydrogen (secondary N) is 1. The van der Waals surface area contributed by atoms with Crippen molar-refractivity contribution in [3.05, 3.63) is 0 Å². The van der Waals surface area contributed by atoms with Crippen molar-refractivity contribution in [1.29, 1.82) is 0 Å². The number of aliphatic hydroxyl groups is 1. The second-order valence-corrected chi connectivity index (χ2v) is 6.65. The van der Waals surface area contributed by atoms with Gasteiger partial charge in [0.05, 0.1) is 0 Å². The molecule has 0 aromatic heterocycles. The Balaban J connectivity index is 1.80. The lowest BCUT2D eigenvalue weighted by atomic mass is 9.88. The van der Waals surface area contributed by atoms with E-state index >= 15 is 0 Å². The molecule has 1 aliphatic carbocycles. The summed E-state index contributed by atoms with van der Waals surface area (Å²) in [5.74, 6) is 1.44. The van der Waals surface area contributed by atoms with E-state index in [1.165, 1.54) is 32.1 Å². The van der Waals surface area contributed by atoms with Crippen molar-refractivity contribution >= 4 is 5.91 Å². The molecule has 2 atom stereocenters. The van der Waals surface area contributed by atoms with Crippen molar-refractivity contribution in [3.63, 3.8) is 0 Å². The summed E-state index contributed by atoms with van der Waals surface area (Å²) in [6.45, 7) is 4.63. The number of carbonyl (C=O) groups is 1. The van der Waals surface area contributed by atoms with E-state index in [0.29, 0.717) is 12.0 Å². The van der Waals surface area contributed by atoms with E-state index in [2.05, 4.69) is 5.32 Å². The van der Waals surface area contributed by atoms with Crippen LogP contribution in [-0.4, -0.2) is 48.2 Å². The van der Waals surface area contributed by atoms with Gasteiger partial charge >= 0.3 is 0 Å². The van der Waals surface area contributed by atoms with Crippen LogP contribution in [0.25, 0.3) is 0 Å². The highest BCUT2D eigenvalue weighted by Crippen LogP contribution is 2.24. The molecule has 1 saturated heterocycles. The number of hydrogen-bond acceptors (Lipinski definition) is 3. The second-order valence-electron chi connectivity index (χ2n) is 6.65. The van der Waals surface area contributed by atoms with Gasteiger partial charge in [0, 0.05) is 32.7 Å². The number of amides is 1. The van der Waals surface area contributed by atoms with E-state index in [-0.39, 0.29) is 12.5 Å². The zero-order valence-corrected chi connectivity index (χ0v) is 12.8. The zero-order chi connectivity index (χ0) is 14.4. The lowest BCUT2D eigenvalue weighted by molar-refractivity contribution is -0.131. The van der Waals surface area contributed by atoms with E-state index in [4.69, 9.17) is 5.11 Å². The standard InChI is InChI=1S/C16H30N2O2/c1-13(20)18-11-15(7-8-19)9-16(12-18)17-10-14-5-3-2-4-6-14/h14-17,19H,2-12H2,1H3. The lowest BCUT2D eigenvalue weighted by Crippen LogP contribution is -2.51. The first-order chi connectivity index (χ1) is 9.69. The van der Waals surface area contributed by atoms with Gasteiger partial charge in [0.1, 0.15) is 0 Å². The Bertz CT molecular complexity index is 303. The first-order valence-corrected chi connectivity index (χ1v) is 8.28. The van der Waals surface area contributed by atoms with Crippen LogP contribution < -0.4 is 5.32 Å². The van der Waals surface area contributed by atoms with E-state index < -0.39 is 0 Å². The van der Waals surface area contributed by atoms with Crippen LogP contribution in [0.1, 0.15) is 51.9 Å². The minimum absolute atomic E-state index is 0.164. The second kappa shape index (κ2) is 7.99. The average molecular weight is 282 g/mol. The monoisotopic (exact) mass is 282 g/mol. The van der Waals surface area contributed by atoms with Gasteiger partial charge in [-0.2, -0.15) is 0 Å². The first-order valence-electron chi connectivity index (χ1n) is 8.28. The van der Waals surface area contributed by atoms with Gasteiger partial charge in [-0.3, -0.25) is 4.79 Å². The molecule has 0 spiro atoms. The summed E-state index contributed by atoms with van der Waals surface area (Å²) in [6.07, 6.45) is 8.78. The fourth-order valence-corrected chi connectivity index (χ4v) is 3.72. The summed E-state index contributed by atoms with van der Waals surface area (Å²) >= 11 is 0. The van der Waals surface area contributed by atoms with E-state index in [9.17, 15) is 4.79 Å². The molecule has 2 unspecified atom stereocenters. The molecule has 0 aromatic rings. The van der Waals surface area contributed by atoms with Crippen molar-refractivity contribution in [2.75, 3.05) is 26.2 Å². The molecular formula is C16H30N2O2. The van der Waals surface area contributed by atoms with Crippen LogP contribution in [0.5, 0.6) is 0 Å². The maximum absolute atomic E-state index is 11.6. The smallest absolute Gasteiger partial charge is 0.219 e. The topological polar surface area (TPSA) is 52.6 Å². The molecule has 0 radical (unpaired) electrons. The van der Waals surface area contributed by atoms with Gasteiger partial charge in [-0.25, -0.2) is 0 Å². The summed E-state index contributed by atoms with van der Waals surface area (Å²) in [4.78, 5) is 13.6. The highest BCUT2D eigenvalue weighted by atomic mass is 16.3. The predicted molar refractivity (Wildman–Crippen MR) is 80.4 cm³/mol. The molecule has 116 valence electrons. The fraction of sp³-hybridized carbons (Fsp3) is 0.938. The number of carbonyl (C=O) groups excluding carboxylic acids is 1. The Hall–Kier alpha value is -0.610. The molecule has 0 bridgehead atoms. The van der Waals surface area contributed by atoms with Crippen molar-refractivity contribution < 1.29 is 9.90 Å². The number of rotatable bonds is 5. The van der Waals surface area contributed by atoms with E-state index in [1.54, 1.807) is 6.92 Å². The first kappa shape index (κ1) is 15.8. The summed E-state index contributed by atoms with van der Waals surface area (Å²) in [6, 6.07) is 0.408. The van der Waals surface area contributed by atoms with Crippen LogP contribution in [0.4, 0.5) is 0 Å². The largest absolute Gasteiger partial charge is 0.396 e. The molecule has 1 amide bonds. The van der Waals surface area contributed by atoms with Gasteiger partial charge in [-0.15, -0.1) is 0 Å². The number of piperidine rings is 1. The third kappa shape index (κ3) is 4.74. The Labute approximate surface area is 122 Å². The van der Waals surface area contributed by atoms with Crippen molar-refractivity contribution in [2.45, 2.75) is 57.9 Å². The summed E-state index contributed by atoms with van der Waals surface area (Å²) in [7, 11) is 0. The molecule has 4 heteroatoms. The van der Waals surface area contributed by atoms with Crippen LogP contribution in [0.15, 0.2) is 0 Å². The van der Waals surface area contributed by atoms with Crippen LogP contribution in [0.3, 0.4) is 0 Å². The van der Waals surface area contributed by atoms with E-state index in [1.807, 2.05) is 4.90 Å². The molecule has 1 saturated carbocycles. The zero-order valence-electron chi connectivity index (χ0n) is 12.8. The number of aliphatic hydroxyl groups excluding tert-OH is 1. The molecule has 20 heavy (non-hydrogen) atoms. The van der Waals surface area contributed by atoms with Gasteiger partial charge in [-0.05, 0) is 44.1 Å². The number of hydrogen-bond donors (Lipinski definition) is 2. The minimum Gasteiger partial charge on any atom is -0.396 e. The maximum Gasteiger partial charge on any atom is 0.219 e. The van der Waals surface area contributed by atoms with Crippen molar-refractivity contribution in [3.8, 4) is 0 Å². The fourth-order valence-electron chi connectivity index (χ4n) is 3.72. The number of nitrogens with zero attached hydrogens (tertiary/aromatic N) is 1. The van der Waals surface area contributed by atoms with Crippen LogP contribution in [0, 0.1) is 11.8 Å². The van der Waals surface area contributed by atoms with Gasteiger partial charge in [0.25, 0.3) is 0 Å². The summed E-state index contributed by atoms with van der Waals surface area (Å²) < 4.78 is 0. The lowest BCUT2D eigenvalue weighted by Gasteiger charge is -2.38. The highest BCUT2D eigenvalue weighted by molar-refractivity contribution is 5.73. The van der Waals surface area contributed by atoms with Gasteiger partial charge < -0.3 is 15.3 Å². The third-order valence-electron chi connectivity index (χ3n) is 4.94. The van der Waals surface area contributed by atoms with Gasteiger partial charge in [0.2, 0.25) is 5.91 Å². The van der Waals surface area contributed by atoms with Crippen LogP contribution >= 0.6 is 0 Å². The summed E-state index contributed by atoms with van der Waals surface area (Å²) in [5.41, 5.74) is 0. The maximum atomic E-state index is 11.6. The Morgan fingerprint density at radius 1 is 1.20 bits per heavy atom. The molecule has 1 heterocycles. The average Bonchev–Trinajstić information content (AvgIpc) is 2.46. The highest BCUT2D eigenvalue weighted by Gasteiger charge is 2.28. The summed E-state index contributed by atoms with van der Waals surface area (Å²) in [5, 5.41) is 12.8. The Morgan fingerprint density at radius 2 is 1.95 bits per heavy atom. The molecule has 2 aliphatic rings. The van der Waals surface area contributed by atoms with Gasteiger partial charge in [0.15, 0.2) is 0 Å². The van der Waals surface area contributed by atoms with Crippen molar-refractivity contribution in [2.24, 2.45) is 11.8 Å². The molecule has 2 rings (SSSR count). The Morgan fingerprint density at radius 3 is 2.60 bits per heavy atom. The molecular weight excluding hydrogens is 252 g/mol. The molecule has 1 aliphatic heterocycles. The molecule has 4 nitrogen and oxygen atoms in total. The SMILES string of the molecule is CC(=O)N1CC(CCO)CC(NCC2CCCCC2)C1. The third-order valence-corrected chi connectivity index (χ3v) is 4.94. The normalized spacial score (nSPS) is 28.6. The molecule has 2 N–H and O–H groups in total. The molecule has 2 fully saturated rings. The number of likely N-dealkylation sites (tertiary alicyclic amines) is 1. The predicted octanol–water partition coefficient (Wildman–Crippen LogP) is 1.78. The van der Waals surface area contributed by atoms with Crippen molar-refractivity contribution in [1.82, 2.24) is 10.2 Å².